The van der Waals surface area contributed by atoms with E-state index in [2.05, 4.69) is 15.5 Å². The maximum Gasteiger partial charge on any atom is 0.255 e. The third-order valence-corrected chi connectivity index (χ3v) is 1.91. The maximum atomic E-state index is 11.6. The summed E-state index contributed by atoms with van der Waals surface area (Å²) in [5, 5.41) is 18.3. The van der Waals surface area contributed by atoms with Crippen LogP contribution in [0.1, 0.15) is 28.7 Å². The second-order valence-corrected chi connectivity index (χ2v) is 3.37. The number of H-pyrrole nitrogens is 1. The molecular formula is C9H15N3O2. The highest BCUT2D eigenvalue weighted by Gasteiger charge is 2.14. The van der Waals surface area contributed by atoms with E-state index in [0.717, 1.165) is 5.69 Å². The lowest BCUT2D eigenvalue weighted by Gasteiger charge is -2.06. The van der Waals surface area contributed by atoms with Gasteiger partial charge in [-0.1, -0.05) is 0 Å². The molecule has 0 spiro atoms. The number of rotatable bonds is 3. The van der Waals surface area contributed by atoms with Crippen molar-refractivity contribution in [1.29, 1.82) is 0 Å². The number of aliphatic hydroxyl groups is 1. The number of hydrogen-bond acceptors (Lipinski definition) is 3. The summed E-state index contributed by atoms with van der Waals surface area (Å²) in [5.74, 6) is -0.199. The van der Waals surface area contributed by atoms with Gasteiger partial charge in [-0.3, -0.25) is 9.89 Å². The Labute approximate surface area is 82.5 Å². The number of hydrogen-bond donors (Lipinski definition) is 3. The predicted molar refractivity (Wildman–Crippen MR) is 52.1 cm³/mol. The molecule has 5 heteroatoms. The summed E-state index contributed by atoms with van der Waals surface area (Å²) in [7, 11) is 0. The topological polar surface area (TPSA) is 78.0 Å². The molecule has 1 rings (SSSR count). The van der Waals surface area contributed by atoms with Crippen molar-refractivity contribution in [3.8, 4) is 0 Å². The highest BCUT2D eigenvalue weighted by molar-refractivity contribution is 5.96. The molecule has 0 bridgehead atoms. The van der Waals surface area contributed by atoms with Crippen molar-refractivity contribution in [2.45, 2.75) is 26.9 Å². The van der Waals surface area contributed by atoms with E-state index < -0.39 is 6.10 Å². The van der Waals surface area contributed by atoms with Gasteiger partial charge >= 0.3 is 0 Å². The monoisotopic (exact) mass is 197 g/mol. The van der Waals surface area contributed by atoms with E-state index in [1.54, 1.807) is 20.8 Å². The molecule has 0 saturated carbocycles. The van der Waals surface area contributed by atoms with E-state index in [0.29, 0.717) is 11.3 Å². The summed E-state index contributed by atoms with van der Waals surface area (Å²) in [5.41, 5.74) is 1.97. The van der Waals surface area contributed by atoms with Crippen LogP contribution in [-0.4, -0.2) is 33.9 Å². The molecule has 0 fully saturated rings. The summed E-state index contributed by atoms with van der Waals surface area (Å²) in [6, 6.07) is 0. The SMILES string of the molecule is Cc1n[nH]c(C)c1C(=O)NC[C@H](C)O. The third-order valence-electron chi connectivity index (χ3n) is 1.91. The van der Waals surface area contributed by atoms with Crippen molar-refractivity contribution in [2.24, 2.45) is 0 Å². The Morgan fingerprint density at radius 2 is 2.29 bits per heavy atom. The number of aryl methyl sites for hydroxylation is 2. The van der Waals surface area contributed by atoms with Gasteiger partial charge in [0.1, 0.15) is 0 Å². The van der Waals surface area contributed by atoms with E-state index in [1.165, 1.54) is 0 Å². The first-order valence-corrected chi connectivity index (χ1v) is 4.50. The number of nitrogens with zero attached hydrogens (tertiary/aromatic N) is 1. The molecule has 0 unspecified atom stereocenters. The molecule has 1 aromatic rings. The Kier molecular flexibility index (Phi) is 3.24. The standard InChI is InChI=1S/C9H15N3O2/c1-5(13)4-10-9(14)8-6(2)11-12-7(8)3/h5,13H,4H2,1-3H3,(H,10,14)(H,11,12)/t5-/m0/s1. The van der Waals surface area contributed by atoms with Gasteiger partial charge in [0.15, 0.2) is 0 Å². The van der Waals surface area contributed by atoms with Gasteiger partial charge < -0.3 is 10.4 Å². The van der Waals surface area contributed by atoms with Gasteiger partial charge in [-0.15, -0.1) is 0 Å². The normalized spacial score (nSPS) is 12.6. The molecule has 5 nitrogen and oxygen atoms in total. The van der Waals surface area contributed by atoms with E-state index in [1.807, 2.05) is 0 Å². The van der Waals surface area contributed by atoms with Gasteiger partial charge in [0.25, 0.3) is 5.91 Å². The van der Waals surface area contributed by atoms with Crippen molar-refractivity contribution in [3.63, 3.8) is 0 Å². The van der Waals surface area contributed by atoms with Gasteiger partial charge in [0, 0.05) is 12.2 Å². The molecule has 0 aliphatic carbocycles. The molecule has 3 N–H and O–H groups in total. The zero-order valence-corrected chi connectivity index (χ0v) is 8.59. The van der Waals surface area contributed by atoms with Crippen molar-refractivity contribution in [1.82, 2.24) is 15.5 Å². The zero-order chi connectivity index (χ0) is 10.7. The molecule has 78 valence electrons. The molecule has 0 aliphatic rings. The van der Waals surface area contributed by atoms with Crippen LogP contribution in [0.2, 0.25) is 0 Å². The Hall–Kier alpha value is -1.36. The second kappa shape index (κ2) is 4.23. The van der Waals surface area contributed by atoms with Crippen LogP contribution in [-0.2, 0) is 0 Å². The van der Waals surface area contributed by atoms with Crippen LogP contribution >= 0.6 is 0 Å². The van der Waals surface area contributed by atoms with Crippen LogP contribution in [0.3, 0.4) is 0 Å². The van der Waals surface area contributed by atoms with Gasteiger partial charge in [0.2, 0.25) is 0 Å². The zero-order valence-electron chi connectivity index (χ0n) is 8.59. The van der Waals surface area contributed by atoms with Crippen LogP contribution in [0, 0.1) is 13.8 Å². The Balaban J connectivity index is 2.70. The predicted octanol–water partition coefficient (Wildman–Crippen LogP) is 0.137. The molecule has 1 aromatic heterocycles. The summed E-state index contributed by atoms with van der Waals surface area (Å²) in [6.45, 7) is 5.43. The first kappa shape index (κ1) is 10.7. The molecule has 1 heterocycles. The van der Waals surface area contributed by atoms with Gasteiger partial charge in [-0.25, -0.2) is 0 Å². The molecule has 14 heavy (non-hydrogen) atoms. The number of aromatic amines is 1. The van der Waals surface area contributed by atoms with E-state index in [4.69, 9.17) is 5.11 Å². The first-order valence-electron chi connectivity index (χ1n) is 4.50. The highest BCUT2D eigenvalue weighted by Crippen LogP contribution is 2.08. The summed E-state index contributed by atoms with van der Waals surface area (Å²) < 4.78 is 0. The van der Waals surface area contributed by atoms with Crippen LogP contribution in [0.25, 0.3) is 0 Å². The smallest absolute Gasteiger partial charge is 0.255 e. The number of carbonyl (C=O) groups is 1. The number of carbonyl (C=O) groups excluding carboxylic acids is 1. The fourth-order valence-corrected chi connectivity index (χ4v) is 1.21. The average Bonchev–Trinajstić information content (AvgIpc) is 2.42. The van der Waals surface area contributed by atoms with Crippen molar-refractivity contribution < 1.29 is 9.90 Å². The second-order valence-electron chi connectivity index (χ2n) is 3.37. The minimum Gasteiger partial charge on any atom is -0.392 e. The van der Waals surface area contributed by atoms with E-state index >= 15 is 0 Å². The van der Waals surface area contributed by atoms with Crippen LogP contribution in [0.5, 0.6) is 0 Å². The fraction of sp³-hybridized carbons (Fsp3) is 0.556. The molecule has 0 saturated heterocycles. The summed E-state index contributed by atoms with van der Waals surface area (Å²) >= 11 is 0. The van der Waals surface area contributed by atoms with Crippen LogP contribution < -0.4 is 5.32 Å². The number of aromatic nitrogens is 2. The first-order chi connectivity index (χ1) is 6.52. The molecule has 1 atom stereocenters. The van der Waals surface area contributed by atoms with Crippen molar-refractivity contribution in [3.05, 3.63) is 17.0 Å². The third kappa shape index (κ3) is 2.32. The quantitative estimate of drug-likeness (QED) is 0.644. The largest absolute Gasteiger partial charge is 0.392 e. The lowest BCUT2D eigenvalue weighted by molar-refractivity contribution is 0.0923. The molecule has 0 radical (unpaired) electrons. The van der Waals surface area contributed by atoms with Crippen LogP contribution in [0.4, 0.5) is 0 Å². The highest BCUT2D eigenvalue weighted by atomic mass is 16.3. The van der Waals surface area contributed by atoms with Gasteiger partial charge in [-0.05, 0) is 20.8 Å². The van der Waals surface area contributed by atoms with Crippen molar-refractivity contribution in [2.75, 3.05) is 6.54 Å². The van der Waals surface area contributed by atoms with Gasteiger partial charge in [-0.2, -0.15) is 5.10 Å². The van der Waals surface area contributed by atoms with E-state index in [9.17, 15) is 4.79 Å². The molecular weight excluding hydrogens is 182 g/mol. The average molecular weight is 197 g/mol. The Morgan fingerprint density at radius 1 is 1.64 bits per heavy atom. The lowest BCUT2D eigenvalue weighted by atomic mass is 10.2. The minimum absolute atomic E-state index is 0.199. The molecule has 0 aromatic carbocycles. The number of nitrogens with one attached hydrogen (secondary N) is 2. The molecule has 0 aliphatic heterocycles. The maximum absolute atomic E-state index is 11.6. The Bertz CT molecular complexity index is 311. The molecule has 1 amide bonds. The number of amides is 1. The Morgan fingerprint density at radius 3 is 2.71 bits per heavy atom. The lowest BCUT2D eigenvalue weighted by Crippen LogP contribution is -2.31. The van der Waals surface area contributed by atoms with E-state index in [-0.39, 0.29) is 12.5 Å². The van der Waals surface area contributed by atoms with Gasteiger partial charge in [0.05, 0.1) is 17.4 Å². The van der Waals surface area contributed by atoms with Crippen molar-refractivity contribution >= 4 is 5.91 Å². The number of aliphatic hydroxyl groups excluding tert-OH is 1. The summed E-state index contributed by atoms with van der Waals surface area (Å²) in [4.78, 5) is 11.6. The summed E-state index contributed by atoms with van der Waals surface area (Å²) in [6.07, 6.45) is -0.536. The van der Waals surface area contributed by atoms with Crippen LogP contribution in [0.15, 0.2) is 0 Å². The minimum atomic E-state index is -0.536. The fourth-order valence-electron chi connectivity index (χ4n) is 1.21.